The second-order valence-corrected chi connectivity index (χ2v) is 12.0. The van der Waals surface area contributed by atoms with Crippen LogP contribution in [-0.2, 0) is 19.1 Å². The van der Waals surface area contributed by atoms with Crippen LogP contribution in [0.4, 0.5) is 0 Å². The van der Waals surface area contributed by atoms with E-state index in [0.717, 1.165) is 38.5 Å². The minimum Gasteiger partial charge on any atom is -0.465 e. The molecule has 1 spiro atoms. The van der Waals surface area contributed by atoms with Crippen molar-refractivity contribution in [3.63, 3.8) is 0 Å². The molecule has 0 aromatic carbocycles. The number of thioether (sulfide) groups is 1. The number of ether oxygens (including phenoxy) is 1. The van der Waals surface area contributed by atoms with Crippen LogP contribution >= 0.6 is 11.8 Å². The molecular weight excluding hydrogens is 476 g/mol. The first-order valence-corrected chi connectivity index (χ1v) is 14.5. The molecule has 1 N–H and O–H groups in total. The van der Waals surface area contributed by atoms with E-state index in [9.17, 15) is 19.5 Å². The zero-order valence-electron chi connectivity index (χ0n) is 22.2. The molecule has 3 fully saturated rings. The van der Waals surface area contributed by atoms with Gasteiger partial charge in [0, 0.05) is 18.3 Å². The molecular formula is C28H44N2O5S. The van der Waals surface area contributed by atoms with Crippen molar-refractivity contribution in [2.24, 2.45) is 17.8 Å². The predicted molar refractivity (Wildman–Crippen MR) is 143 cm³/mol. The summed E-state index contributed by atoms with van der Waals surface area (Å²) in [5, 5.41) is 10.2. The molecule has 0 aliphatic carbocycles. The van der Waals surface area contributed by atoms with Crippen molar-refractivity contribution in [2.45, 2.75) is 87.8 Å². The van der Waals surface area contributed by atoms with Crippen molar-refractivity contribution in [3.05, 3.63) is 25.3 Å². The van der Waals surface area contributed by atoms with Crippen molar-refractivity contribution in [1.29, 1.82) is 0 Å². The molecule has 7 atom stereocenters. The van der Waals surface area contributed by atoms with Crippen LogP contribution in [0.25, 0.3) is 0 Å². The summed E-state index contributed by atoms with van der Waals surface area (Å²) in [5.74, 6) is -1.67. The zero-order chi connectivity index (χ0) is 26.5. The number of carbonyl (C=O) groups excluding carboxylic acids is 3. The lowest BCUT2D eigenvalue weighted by atomic mass is 9.66. The molecule has 36 heavy (non-hydrogen) atoms. The number of aliphatic hydroxyl groups is 1. The number of allylic oxidation sites excluding steroid dienone is 1. The molecule has 0 aromatic heterocycles. The van der Waals surface area contributed by atoms with E-state index in [1.165, 1.54) is 0 Å². The van der Waals surface area contributed by atoms with Gasteiger partial charge in [0.2, 0.25) is 11.8 Å². The molecule has 0 radical (unpaired) electrons. The fraction of sp³-hybridized carbons (Fsp3) is 0.750. The lowest BCUT2D eigenvalue weighted by Gasteiger charge is -2.42. The predicted octanol–water partition coefficient (Wildman–Crippen LogP) is 3.81. The maximum Gasteiger partial charge on any atom is 0.310 e. The summed E-state index contributed by atoms with van der Waals surface area (Å²) in [5.41, 5.74) is 0. The number of likely N-dealkylation sites (tertiary alicyclic amines) is 1. The van der Waals surface area contributed by atoms with Crippen molar-refractivity contribution >= 4 is 29.5 Å². The van der Waals surface area contributed by atoms with Crippen LogP contribution in [-0.4, -0.2) is 81.1 Å². The standard InChI is InChI=1S/C28H44N2O5S/c1-6-10-12-13-16-35-27(34)22-21-17-19(5)28(36-21)23(22)25(32)30(20(9-4)18-31)24(28)26(33)29(14-8-3)15-11-7-2/h6,8,19-24,31H,1,3,7,9-18H2,2,4-5H3/t19?,20-,21+,22-,23-,24?,28?/m0/s1. The second-order valence-electron chi connectivity index (χ2n) is 10.4. The number of hydrogen-bond donors (Lipinski definition) is 1. The van der Waals surface area contributed by atoms with Gasteiger partial charge in [0.05, 0.1) is 35.8 Å². The van der Waals surface area contributed by atoms with Gasteiger partial charge in [-0.05, 0) is 44.4 Å². The van der Waals surface area contributed by atoms with Crippen LogP contribution in [0.1, 0.15) is 65.7 Å². The Balaban J connectivity index is 1.97. The highest BCUT2D eigenvalue weighted by molar-refractivity contribution is 8.02. The number of unbranched alkanes of at least 4 members (excludes halogenated alkanes) is 3. The van der Waals surface area contributed by atoms with Gasteiger partial charge in [-0.15, -0.1) is 24.9 Å². The Bertz CT molecular complexity index is 831. The maximum atomic E-state index is 14.2. The van der Waals surface area contributed by atoms with Crippen LogP contribution in [0.15, 0.2) is 25.3 Å². The van der Waals surface area contributed by atoms with E-state index in [2.05, 4.69) is 27.0 Å². The van der Waals surface area contributed by atoms with Gasteiger partial charge in [-0.1, -0.05) is 39.3 Å². The zero-order valence-corrected chi connectivity index (χ0v) is 23.0. The Morgan fingerprint density at radius 2 is 2.03 bits per heavy atom. The van der Waals surface area contributed by atoms with Gasteiger partial charge in [0.1, 0.15) is 6.04 Å². The van der Waals surface area contributed by atoms with Crippen molar-refractivity contribution < 1.29 is 24.2 Å². The maximum absolute atomic E-state index is 14.2. The number of nitrogens with zero attached hydrogens (tertiary/aromatic N) is 2. The van der Waals surface area contributed by atoms with Crippen molar-refractivity contribution in [1.82, 2.24) is 9.80 Å². The van der Waals surface area contributed by atoms with E-state index in [1.807, 2.05) is 13.0 Å². The van der Waals surface area contributed by atoms with E-state index < -0.39 is 28.7 Å². The topological polar surface area (TPSA) is 87.1 Å². The van der Waals surface area contributed by atoms with E-state index in [1.54, 1.807) is 27.6 Å². The SMILES string of the molecule is C=CCCCCOC(=O)[C@@H]1[C@H]2C(=O)N([C@@H](CC)CO)C(C(=O)N(CC=C)CCCC)C23S[C@@H]1CC3C. The molecule has 3 heterocycles. The van der Waals surface area contributed by atoms with Crippen LogP contribution in [0.5, 0.6) is 0 Å². The van der Waals surface area contributed by atoms with E-state index >= 15 is 0 Å². The van der Waals surface area contributed by atoms with Gasteiger partial charge in [0.15, 0.2) is 0 Å². The molecule has 3 rings (SSSR count). The van der Waals surface area contributed by atoms with Gasteiger partial charge in [-0.3, -0.25) is 14.4 Å². The highest BCUT2D eigenvalue weighted by atomic mass is 32.2. The summed E-state index contributed by atoms with van der Waals surface area (Å²) in [7, 11) is 0. The van der Waals surface area contributed by atoms with Crippen LogP contribution in [0, 0.1) is 17.8 Å². The molecule has 202 valence electrons. The number of hydrogen-bond acceptors (Lipinski definition) is 6. The third kappa shape index (κ3) is 5.00. The molecule has 3 aliphatic rings. The van der Waals surface area contributed by atoms with E-state index in [4.69, 9.17) is 4.74 Å². The summed E-state index contributed by atoms with van der Waals surface area (Å²) >= 11 is 1.65. The molecule has 3 aliphatic heterocycles. The van der Waals surface area contributed by atoms with E-state index in [-0.39, 0.29) is 35.6 Å². The Kier molecular flexibility index (Phi) is 10.1. The van der Waals surface area contributed by atoms with E-state index in [0.29, 0.717) is 26.1 Å². The molecule has 0 saturated carbocycles. The highest BCUT2D eigenvalue weighted by Gasteiger charge is 2.77. The monoisotopic (exact) mass is 520 g/mol. The molecule has 8 heteroatoms. The number of aliphatic hydroxyl groups excluding tert-OH is 1. The molecule has 0 aromatic rings. The average Bonchev–Trinajstić information content (AvgIpc) is 3.46. The van der Waals surface area contributed by atoms with Crippen molar-refractivity contribution in [2.75, 3.05) is 26.3 Å². The van der Waals surface area contributed by atoms with Gasteiger partial charge in [0.25, 0.3) is 0 Å². The lowest BCUT2D eigenvalue weighted by Crippen LogP contribution is -2.59. The first kappa shape index (κ1) is 28.8. The number of carbonyl (C=O) groups is 3. The van der Waals surface area contributed by atoms with Crippen LogP contribution in [0.3, 0.4) is 0 Å². The summed E-state index contributed by atoms with van der Waals surface area (Å²) < 4.78 is 4.99. The Hall–Kier alpha value is -1.80. The fourth-order valence-electron chi connectivity index (χ4n) is 6.44. The number of esters is 1. The second kappa shape index (κ2) is 12.6. The molecule has 2 amide bonds. The third-order valence-corrected chi connectivity index (χ3v) is 10.3. The first-order chi connectivity index (χ1) is 17.3. The quantitative estimate of drug-likeness (QED) is 0.201. The molecule has 3 unspecified atom stereocenters. The average molecular weight is 521 g/mol. The number of rotatable bonds is 15. The minimum absolute atomic E-state index is 0.0372. The van der Waals surface area contributed by atoms with Crippen molar-refractivity contribution in [3.8, 4) is 0 Å². The van der Waals surface area contributed by atoms with Gasteiger partial charge in [-0.25, -0.2) is 0 Å². The van der Waals surface area contributed by atoms with Crippen LogP contribution in [0.2, 0.25) is 0 Å². The summed E-state index contributed by atoms with van der Waals surface area (Å²) in [6, 6.07) is -1.18. The summed E-state index contributed by atoms with van der Waals surface area (Å²) in [4.78, 5) is 45.1. The fourth-order valence-corrected chi connectivity index (χ4v) is 8.83. The highest BCUT2D eigenvalue weighted by Crippen LogP contribution is 2.69. The van der Waals surface area contributed by atoms with Gasteiger partial charge in [-0.2, -0.15) is 0 Å². The first-order valence-electron chi connectivity index (χ1n) is 13.6. The lowest BCUT2D eigenvalue weighted by molar-refractivity contribution is -0.155. The number of amides is 2. The van der Waals surface area contributed by atoms with Gasteiger partial charge >= 0.3 is 5.97 Å². The smallest absolute Gasteiger partial charge is 0.310 e. The third-order valence-electron chi connectivity index (χ3n) is 8.25. The Morgan fingerprint density at radius 3 is 2.64 bits per heavy atom. The molecule has 3 saturated heterocycles. The molecule has 2 bridgehead atoms. The van der Waals surface area contributed by atoms with Gasteiger partial charge < -0.3 is 19.6 Å². The largest absolute Gasteiger partial charge is 0.465 e. The number of fused-ring (bicyclic) bond motifs is 1. The normalized spacial score (nSPS) is 31.3. The summed E-state index contributed by atoms with van der Waals surface area (Å²) in [6.07, 6.45) is 9.22. The van der Waals surface area contributed by atoms with Crippen LogP contribution < -0.4 is 0 Å². The minimum atomic E-state index is -0.709. The molecule has 7 nitrogen and oxygen atoms in total. The summed E-state index contributed by atoms with van der Waals surface area (Å²) in [6.45, 7) is 14.8. The Labute approximate surface area is 220 Å². The Morgan fingerprint density at radius 1 is 1.28 bits per heavy atom.